The molecule has 0 saturated heterocycles. The number of fused-ring (bicyclic) bond motifs is 1. The Labute approximate surface area is 194 Å². The van der Waals surface area contributed by atoms with Gasteiger partial charge >= 0.3 is 6.09 Å². The van der Waals surface area contributed by atoms with Crippen LogP contribution in [0.2, 0.25) is 0 Å². The third kappa shape index (κ3) is 4.16. The number of nitriles is 1. The van der Waals surface area contributed by atoms with E-state index in [1.54, 1.807) is 0 Å². The van der Waals surface area contributed by atoms with Crippen LogP contribution in [0, 0.1) is 11.3 Å². The fourth-order valence-corrected chi connectivity index (χ4v) is 4.99. The number of nitrogens with zero attached hydrogens (tertiary/aromatic N) is 2. The molecule has 1 amide bonds. The summed E-state index contributed by atoms with van der Waals surface area (Å²) in [7, 11) is 0. The van der Waals surface area contributed by atoms with Crippen LogP contribution in [0.4, 0.5) is 10.5 Å². The van der Waals surface area contributed by atoms with Crippen molar-refractivity contribution in [2.24, 2.45) is 0 Å². The molecule has 6 heteroatoms. The number of carbonyl (C=O) groups is 1. The molecule has 0 aliphatic heterocycles. The summed E-state index contributed by atoms with van der Waals surface area (Å²) in [6.45, 7) is 2.54. The van der Waals surface area contributed by atoms with Crippen molar-refractivity contribution in [1.82, 2.24) is 4.57 Å². The van der Waals surface area contributed by atoms with Crippen molar-refractivity contribution in [3.05, 3.63) is 48.0 Å². The molecule has 1 N–H and O–H groups in total. The Hall–Kier alpha value is -3.46. The van der Waals surface area contributed by atoms with Crippen LogP contribution in [0.1, 0.15) is 63.5 Å². The molecule has 2 aliphatic carbocycles. The van der Waals surface area contributed by atoms with E-state index in [2.05, 4.69) is 22.0 Å². The molecule has 2 fully saturated rings. The highest BCUT2D eigenvalue weighted by Gasteiger charge is 2.28. The number of hydrogen-bond acceptors (Lipinski definition) is 4. The molecule has 33 heavy (non-hydrogen) atoms. The van der Waals surface area contributed by atoms with Gasteiger partial charge in [-0.15, -0.1) is 0 Å². The number of benzene rings is 2. The van der Waals surface area contributed by atoms with Gasteiger partial charge in [-0.25, -0.2) is 4.79 Å². The molecule has 1 heterocycles. The first-order valence-corrected chi connectivity index (χ1v) is 12.0. The van der Waals surface area contributed by atoms with Crippen LogP contribution in [0.5, 0.6) is 5.75 Å². The van der Waals surface area contributed by atoms with Gasteiger partial charge < -0.3 is 14.0 Å². The van der Waals surface area contributed by atoms with Crippen LogP contribution in [0.3, 0.4) is 0 Å². The van der Waals surface area contributed by atoms with Gasteiger partial charge in [0, 0.05) is 17.1 Å². The van der Waals surface area contributed by atoms with Crippen LogP contribution in [0.15, 0.2) is 42.5 Å². The number of carbonyl (C=O) groups excluding carboxylic acids is 1. The summed E-state index contributed by atoms with van der Waals surface area (Å²) in [5.41, 5.74) is 4.32. The minimum Gasteiger partial charge on any atom is -0.494 e. The fourth-order valence-electron chi connectivity index (χ4n) is 4.99. The molecule has 6 nitrogen and oxygen atoms in total. The molecule has 5 rings (SSSR count). The van der Waals surface area contributed by atoms with Gasteiger partial charge in [0.05, 0.1) is 23.4 Å². The summed E-state index contributed by atoms with van der Waals surface area (Å²) in [6, 6.07) is 16.6. The first-order chi connectivity index (χ1) is 16.2. The highest BCUT2D eigenvalue weighted by molar-refractivity contribution is 5.96. The monoisotopic (exact) mass is 443 g/mol. The maximum atomic E-state index is 12.2. The second-order valence-corrected chi connectivity index (χ2v) is 8.92. The average molecular weight is 444 g/mol. The molecule has 2 aliphatic rings. The van der Waals surface area contributed by atoms with E-state index in [1.165, 1.54) is 6.42 Å². The summed E-state index contributed by atoms with van der Waals surface area (Å²) < 4.78 is 13.5. The van der Waals surface area contributed by atoms with Gasteiger partial charge in [-0.3, -0.25) is 5.32 Å². The van der Waals surface area contributed by atoms with Crippen LogP contribution < -0.4 is 10.1 Å². The molecule has 170 valence electrons. The molecule has 0 bridgehead atoms. The molecule has 1 aromatic heterocycles. The maximum Gasteiger partial charge on any atom is 0.411 e. The summed E-state index contributed by atoms with van der Waals surface area (Å²) in [5.74, 6) is 0.777. The van der Waals surface area contributed by atoms with Gasteiger partial charge in [0.2, 0.25) is 0 Å². The van der Waals surface area contributed by atoms with Gasteiger partial charge in [0.1, 0.15) is 17.9 Å². The van der Waals surface area contributed by atoms with Crippen molar-refractivity contribution in [2.75, 3.05) is 11.9 Å². The Morgan fingerprint density at radius 1 is 1.09 bits per heavy atom. The largest absolute Gasteiger partial charge is 0.494 e. The lowest BCUT2D eigenvalue weighted by Crippen LogP contribution is -2.20. The van der Waals surface area contributed by atoms with Crippen LogP contribution in [0.25, 0.3) is 22.2 Å². The third-order valence-electron chi connectivity index (χ3n) is 6.82. The lowest BCUT2D eigenvalue weighted by Gasteiger charge is -2.30. The molecule has 2 saturated carbocycles. The quantitative estimate of drug-likeness (QED) is 0.455. The SMILES string of the molecule is CCOc1ccc2c(c1)c(C#N)c(-c1ccc(NC(=O)OC3CCCC3)cc1)n2C1CCC1. The zero-order valence-corrected chi connectivity index (χ0v) is 19.0. The number of amides is 1. The molecule has 3 aromatic rings. The van der Waals surface area contributed by atoms with Crippen molar-refractivity contribution in [1.29, 1.82) is 5.26 Å². The van der Waals surface area contributed by atoms with Crippen molar-refractivity contribution >= 4 is 22.7 Å². The van der Waals surface area contributed by atoms with E-state index < -0.39 is 6.09 Å². The van der Waals surface area contributed by atoms with E-state index in [9.17, 15) is 10.1 Å². The molecule has 2 aromatic carbocycles. The van der Waals surface area contributed by atoms with Crippen molar-refractivity contribution in [3.63, 3.8) is 0 Å². The van der Waals surface area contributed by atoms with Crippen LogP contribution in [-0.2, 0) is 4.74 Å². The highest BCUT2D eigenvalue weighted by atomic mass is 16.6. The Kier molecular flexibility index (Phi) is 5.95. The molecule has 0 radical (unpaired) electrons. The Bertz CT molecular complexity index is 1200. The second kappa shape index (κ2) is 9.19. The van der Waals surface area contributed by atoms with Gasteiger partial charge in [-0.1, -0.05) is 12.1 Å². The number of anilines is 1. The zero-order valence-electron chi connectivity index (χ0n) is 19.0. The smallest absolute Gasteiger partial charge is 0.411 e. The number of hydrogen-bond donors (Lipinski definition) is 1. The normalized spacial score (nSPS) is 16.4. The molecular weight excluding hydrogens is 414 g/mol. The van der Waals surface area contributed by atoms with E-state index in [-0.39, 0.29) is 6.10 Å². The predicted molar refractivity (Wildman–Crippen MR) is 129 cm³/mol. The number of ether oxygens (including phenoxy) is 2. The van der Waals surface area contributed by atoms with Crippen LogP contribution in [-0.4, -0.2) is 23.4 Å². The summed E-state index contributed by atoms with van der Waals surface area (Å²) >= 11 is 0. The summed E-state index contributed by atoms with van der Waals surface area (Å²) in [4.78, 5) is 12.2. The average Bonchev–Trinajstić information content (AvgIpc) is 3.39. The van der Waals surface area contributed by atoms with Crippen molar-refractivity contribution in [2.45, 2.75) is 64.0 Å². The molecular formula is C27H29N3O3. The fraction of sp³-hybridized carbons (Fsp3) is 0.407. The van der Waals surface area contributed by atoms with E-state index in [1.807, 2.05) is 43.3 Å². The van der Waals surface area contributed by atoms with Gasteiger partial charge in [0.15, 0.2) is 0 Å². The van der Waals surface area contributed by atoms with Crippen molar-refractivity contribution in [3.8, 4) is 23.1 Å². The standard InChI is InChI=1S/C27H29N3O3/c1-2-32-22-14-15-25-23(16-22)24(17-28)26(30(25)20-6-5-7-20)18-10-12-19(13-11-18)29-27(31)33-21-8-3-4-9-21/h10-16,20-21H,2-9H2,1H3,(H,29,31). The topological polar surface area (TPSA) is 76.3 Å². The first kappa shape index (κ1) is 21.4. The molecule has 0 spiro atoms. The number of rotatable bonds is 6. The lowest BCUT2D eigenvalue weighted by atomic mass is 9.92. The molecule has 0 unspecified atom stereocenters. The van der Waals surface area contributed by atoms with E-state index >= 15 is 0 Å². The van der Waals surface area contributed by atoms with E-state index in [0.717, 1.165) is 66.4 Å². The van der Waals surface area contributed by atoms with Crippen molar-refractivity contribution < 1.29 is 14.3 Å². The minimum absolute atomic E-state index is 0.0298. The highest BCUT2D eigenvalue weighted by Crippen LogP contribution is 2.43. The molecule has 0 atom stereocenters. The Morgan fingerprint density at radius 3 is 2.48 bits per heavy atom. The predicted octanol–water partition coefficient (Wildman–Crippen LogP) is 6.79. The number of nitrogens with one attached hydrogen (secondary N) is 1. The summed E-state index contributed by atoms with van der Waals surface area (Å²) in [5, 5.41) is 13.9. The van der Waals surface area contributed by atoms with Gasteiger partial charge in [-0.2, -0.15) is 5.26 Å². The van der Waals surface area contributed by atoms with Crippen LogP contribution >= 0.6 is 0 Å². The Morgan fingerprint density at radius 2 is 1.85 bits per heavy atom. The van der Waals surface area contributed by atoms with Gasteiger partial charge in [0.25, 0.3) is 0 Å². The third-order valence-corrected chi connectivity index (χ3v) is 6.82. The summed E-state index contributed by atoms with van der Waals surface area (Å²) in [6.07, 6.45) is 7.18. The van der Waals surface area contributed by atoms with Gasteiger partial charge in [-0.05, 0) is 87.8 Å². The van der Waals surface area contributed by atoms with E-state index in [4.69, 9.17) is 9.47 Å². The first-order valence-electron chi connectivity index (χ1n) is 12.0. The number of aromatic nitrogens is 1. The zero-order chi connectivity index (χ0) is 22.8. The minimum atomic E-state index is -0.403. The lowest BCUT2D eigenvalue weighted by molar-refractivity contribution is 0.114. The maximum absolute atomic E-state index is 12.2. The Balaban J connectivity index is 1.48. The van der Waals surface area contributed by atoms with E-state index in [0.29, 0.717) is 23.9 Å². The second-order valence-electron chi connectivity index (χ2n) is 8.92.